The minimum atomic E-state index is -0.931. The van der Waals surface area contributed by atoms with E-state index in [1.54, 1.807) is 43.3 Å². The van der Waals surface area contributed by atoms with Crippen molar-refractivity contribution in [3.8, 4) is 5.75 Å². The number of likely N-dealkylation sites (N-methyl/N-ethyl adjacent to an activating group) is 1. The summed E-state index contributed by atoms with van der Waals surface area (Å²) in [6.07, 6.45) is 2.02. The summed E-state index contributed by atoms with van der Waals surface area (Å²) in [6, 6.07) is 14.5. The second-order valence-electron chi connectivity index (χ2n) is 10.3. The minimum absolute atomic E-state index is 0.0418. The van der Waals surface area contributed by atoms with Crippen LogP contribution in [-0.2, 0) is 25.5 Å². The minimum Gasteiger partial charge on any atom is -0.491 e. The van der Waals surface area contributed by atoms with Crippen LogP contribution in [0.5, 0.6) is 5.75 Å². The summed E-state index contributed by atoms with van der Waals surface area (Å²) < 4.78 is 11.2. The number of methoxy groups -OCH3 is 1. The number of carbonyl (C=O) groups excluding carboxylic acids is 4. The van der Waals surface area contributed by atoms with Crippen molar-refractivity contribution >= 4 is 23.6 Å². The topological polar surface area (TPSA) is 117 Å². The van der Waals surface area contributed by atoms with Gasteiger partial charge in [0.15, 0.2) is 0 Å². The fraction of sp³-hybridized carbons (Fsp3) is 0.467. The van der Waals surface area contributed by atoms with Crippen molar-refractivity contribution in [2.45, 2.75) is 50.2 Å². The molecule has 2 aliphatic heterocycles. The smallest absolute Gasteiger partial charge is 0.255 e. The van der Waals surface area contributed by atoms with Crippen LogP contribution in [0.15, 0.2) is 54.6 Å². The number of ether oxygens (including phenoxy) is 2. The summed E-state index contributed by atoms with van der Waals surface area (Å²) in [5, 5.41) is 5.74. The molecule has 2 N–H and O–H groups in total. The predicted octanol–water partition coefficient (Wildman–Crippen LogP) is 1.78. The van der Waals surface area contributed by atoms with Crippen molar-refractivity contribution in [1.29, 1.82) is 0 Å². The standard InChI is InChI=1S/C30H38N4O6/c1-33-17-18-40-26-13-7-6-12-23(26)28(36)32-24(30(38)34-16-8-11-22(34)20-39-2)14-15-27(35)31-25(29(33)37)19-21-9-4-3-5-10-21/h3-7,9-10,12-13,22,24-25H,8,11,14-20H2,1-2H3,(H,31,35)(H,32,36)/t22-,24-,25-/m0/s1. The fourth-order valence-corrected chi connectivity index (χ4v) is 5.23. The van der Waals surface area contributed by atoms with Crippen molar-refractivity contribution in [3.05, 3.63) is 65.7 Å². The first-order valence-corrected chi connectivity index (χ1v) is 13.8. The van der Waals surface area contributed by atoms with Crippen LogP contribution >= 0.6 is 0 Å². The van der Waals surface area contributed by atoms with Gasteiger partial charge in [0, 0.05) is 33.5 Å². The SMILES string of the molecule is COC[C@@H]1CCCN1C(=O)[C@@H]1CCC(=O)N[C@@H](Cc2ccccc2)C(=O)N(C)CCOc2ccccc2C(=O)N1. The Morgan fingerprint density at radius 2 is 1.75 bits per heavy atom. The van der Waals surface area contributed by atoms with Crippen molar-refractivity contribution < 1.29 is 28.7 Å². The van der Waals surface area contributed by atoms with Crippen LogP contribution in [0.2, 0.25) is 0 Å². The Hall–Kier alpha value is -3.92. The van der Waals surface area contributed by atoms with Crippen molar-refractivity contribution in [3.63, 3.8) is 0 Å². The van der Waals surface area contributed by atoms with E-state index < -0.39 is 18.0 Å². The van der Waals surface area contributed by atoms with Crippen LogP contribution in [0.4, 0.5) is 0 Å². The first kappa shape index (κ1) is 29.1. The summed E-state index contributed by atoms with van der Waals surface area (Å²) in [5.74, 6) is -0.963. The summed E-state index contributed by atoms with van der Waals surface area (Å²) in [6.45, 7) is 1.37. The third-order valence-electron chi connectivity index (χ3n) is 7.39. The lowest BCUT2D eigenvalue weighted by Gasteiger charge is -2.29. The summed E-state index contributed by atoms with van der Waals surface area (Å²) in [7, 11) is 3.26. The van der Waals surface area contributed by atoms with Gasteiger partial charge < -0.3 is 29.9 Å². The molecule has 3 atom stereocenters. The van der Waals surface area contributed by atoms with Gasteiger partial charge in [-0.2, -0.15) is 0 Å². The van der Waals surface area contributed by atoms with Gasteiger partial charge in [0.2, 0.25) is 17.7 Å². The van der Waals surface area contributed by atoms with Crippen molar-refractivity contribution in [2.24, 2.45) is 0 Å². The van der Waals surface area contributed by atoms with Gasteiger partial charge in [0.1, 0.15) is 24.4 Å². The number of fused-ring (bicyclic) bond motifs is 1. The summed E-state index contributed by atoms with van der Waals surface area (Å²) in [4.78, 5) is 56.9. The molecule has 0 radical (unpaired) electrons. The maximum atomic E-state index is 13.7. The van der Waals surface area contributed by atoms with Gasteiger partial charge in [0.25, 0.3) is 5.91 Å². The first-order valence-electron chi connectivity index (χ1n) is 13.8. The van der Waals surface area contributed by atoms with E-state index in [9.17, 15) is 19.2 Å². The van der Waals surface area contributed by atoms with Gasteiger partial charge in [0.05, 0.1) is 24.8 Å². The van der Waals surface area contributed by atoms with Crippen LogP contribution in [-0.4, -0.2) is 92.0 Å². The Bertz CT molecular complexity index is 1190. The average molecular weight is 551 g/mol. The molecule has 0 unspecified atom stereocenters. The molecule has 40 heavy (non-hydrogen) atoms. The molecule has 10 heteroatoms. The van der Waals surface area contributed by atoms with Crippen LogP contribution in [0, 0.1) is 0 Å². The van der Waals surface area contributed by atoms with Crippen molar-refractivity contribution in [1.82, 2.24) is 20.4 Å². The largest absolute Gasteiger partial charge is 0.491 e. The van der Waals surface area contributed by atoms with Crippen molar-refractivity contribution in [2.75, 3.05) is 40.5 Å². The number of hydrogen-bond acceptors (Lipinski definition) is 6. The molecule has 4 rings (SSSR count). The van der Waals surface area contributed by atoms with E-state index in [1.807, 2.05) is 30.3 Å². The highest BCUT2D eigenvalue weighted by Crippen LogP contribution is 2.22. The Morgan fingerprint density at radius 1 is 1.00 bits per heavy atom. The number of likely N-dealkylation sites (tertiary alicyclic amines) is 1. The third kappa shape index (κ3) is 7.38. The van der Waals surface area contributed by atoms with Gasteiger partial charge in [-0.25, -0.2) is 0 Å². The van der Waals surface area contributed by atoms with E-state index in [4.69, 9.17) is 9.47 Å². The molecule has 4 amide bonds. The maximum absolute atomic E-state index is 13.7. The third-order valence-corrected chi connectivity index (χ3v) is 7.39. The van der Waals surface area contributed by atoms with E-state index in [1.165, 1.54) is 4.90 Å². The number of benzene rings is 2. The number of carbonyl (C=O) groups is 4. The molecule has 0 aromatic heterocycles. The molecule has 1 fully saturated rings. The number of amides is 4. The van der Waals surface area contributed by atoms with Gasteiger partial charge in [-0.15, -0.1) is 0 Å². The highest BCUT2D eigenvalue weighted by molar-refractivity contribution is 6.00. The Balaban J connectivity index is 1.60. The number of rotatable bonds is 5. The average Bonchev–Trinajstić information content (AvgIpc) is 3.42. The Labute approximate surface area is 235 Å². The van der Waals surface area contributed by atoms with E-state index >= 15 is 0 Å². The molecule has 10 nitrogen and oxygen atoms in total. The lowest BCUT2D eigenvalue weighted by Crippen LogP contribution is -2.52. The number of nitrogens with one attached hydrogen (secondary N) is 2. The van der Waals surface area contributed by atoms with Gasteiger partial charge in [-0.3, -0.25) is 19.2 Å². The molecule has 0 spiro atoms. The highest BCUT2D eigenvalue weighted by atomic mass is 16.5. The molecule has 1 saturated heterocycles. The lowest BCUT2D eigenvalue weighted by molar-refractivity contribution is -0.137. The zero-order valence-corrected chi connectivity index (χ0v) is 23.1. The Morgan fingerprint density at radius 3 is 2.52 bits per heavy atom. The molecule has 2 aromatic rings. The maximum Gasteiger partial charge on any atom is 0.255 e. The number of para-hydroxylation sites is 1. The second-order valence-corrected chi connectivity index (χ2v) is 10.3. The molecule has 2 heterocycles. The normalized spacial score (nSPS) is 22.9. The zero-order valence-electron chi connectivity index (χ0n) is 23.1. The molecule has 2 aliphatic rings. The first-order chi connectivity index (χ1) is 19.4. The molecule has 0 bridgehead atoms. The van der Waals surface area contributed by atoms with E-state index in [0.29, 0.717) is 25.3 Å². The van der Waals surface area contributed by atoms with E-state index in [2.05, 4.69) is 10.6 Å². The molecule has 214 valence electrons. The molecule has 0 aliphatic carbocycles. The van der Waals surface area contributed by atoms with Gasteiger partial charge in [-0.1, -0.05) is 42.5 Å². The lowest BCUT2D eigenvalue weighted by atomic mass is 10.0. The quantitative estimate of drug-likeness (QED) is 0.586. The number of hydrogen-bond donors (Lipinski definition) is 2. The van der Waals surface area contributed by atoms with Crippen LogP contribution in [0.25, 0.3) is 0 Å². The molecule has 2 aromatic carbocycles. The number of nitrogens with zero attached hydrogens (tertiary/aromatic N) is 2. The fourth-order valence-electron chi connectivity index (χ4n) is 5.23. The van der Waals surface area contributed by atoms with E-state index in [0.717, 1.165) is 18.4 Å². The zero-order chi connectivity index (χ0) is 28.5. The summed E-state index contributed by atoms with van der Waals surface area (Å²) >= 11 is 0. The highest BCUT2D eigenvalue weighted by Gasteiger charge is 2.35. The van der Waals surface area contributed by atoms with E-state index in [-0.39, 0.29) is 55.3 Å². The predicted molar refractivity (Wildman–Crippen MR) is 149 cm³/mol. The monoisotopic (exact) mass is 550 g/mol. The molecular formula is C30H38N4O6. The molecule has 0 saturated carbocycles. The van der Waals surface area contributed by atoms with Crippen LogP contribution in [0.1, 0.15) is 41.6 Å². The Kier molecular flexibility index (Phi) is 10.1. The van der Waals surface area contributed by atoms with Crippen LogP contribution < -0.4 is 15.4 Å². The molecular weight excluding hydrogens is 512 g/mol. The van der Waals surface area contributed by atoms with Gasteiger partial charge >= 0.3 is 0 Å². The van der Waals surface area contributed by atoms with Crippen LogP contribution in [0.3, 0.4) is 0 Å². The second kappa shape index (κ2) is 13.9. The van der Waals surface area contributed by atoms with Gasteiger partial charge in [-0.05, 0) is 37.0 Å². The summed E-state index contributed by atoms with van der Waals surface area (Å²) in [5.41, 5.74) is 1.20.